The second kappa shape index (κ2) is 5.80. The van der Waals surface area contributed by atoms with E-state index in [0.29, 0.717) is 0 Å². The second-order valence-electron chi connectivity index (χ2n) is 2.58. The minimum Gasteiger partial charge on any atom is -0.788 e. The largest absolute Gasteiger partial charge is 0.788 e. The number of hydrogen-bond acceptors (Lipinski definition) is 10. The van der Waals surface area contributed by atoms with Crippen LogP contribution in [0, 0.1) is 5.21 Å². The number of tetrazole rings is 1. The summed E-state index contributed by atoms with van der Waals surface area (Å²) in [5, 5.41) is 29.0. The number of nitrogens with one attached hydrogen (secondary N) is 2. The van der Waals surface area contributed by atoms with E-state index in [4.69, 9.17) is 23.2 Å². The van der Waals surface area contributed by atoms with Gasteiger partial charge < -0.3 is 10.9 Å². The normalized spacial score (nSPS) is 10.6. The standard InChI is InChI=1S/C3H2N7O2.CH7N5/c4-2-1(6-12-7-2)3-5-8-9-10(3)11;2-1(5-3)6-4/h(H2,4,7);3-4H2,(H3,2,5,6)/q-1;/p+1. The molecule has 14 nitrogen and oxygen atoms in total. The van der Waals surface area contributed by atoms with Crippen LogP contribution in [0.2, 0.25) is 0 Å². The van der Waals surface area contributed by atoms with E-state index in [-0.39, 0.29) is 28.1 Å². The number of nitrogen functional groups attached to an aromatic ring is 1. The third-order valence-electron chi connectivity index (χ3n) is 1.48. The van der Waals surface area contributed by atoms with Gasteiger partial charge in [0.05, 0.1) is 0 Å². The first-order valence-electron chi connectivity index (χ1n) is 4.20. The molecule has 2 heterocycles. The number of anilines is 1. The maximum absolute atomic E-state index is 10.8. The van der Waals surface area contributed by atoms with Gasteiger partial charge in [-0.25, -0.2) is 10.1 Å². The number of guanidine groups is 1. The summed E-state index contributed by atoms with van der Waals surface area (Å²) >= 11 is 0. The number of nitrogens with zero attached hydrogens (tertiary/aromatic N) is 6. The molecule has 0 unspecified atom stereocenters. The highest BCUT2D eigenvalue weighted by Crippen LogP contribution is 2.16. The molecule has 10 N–H and O–H groups in total. The zero-order valence-electron chi connectivity index (χ0n) is 8.81. The van der Waals surface area contributed by atoms with E-state index in [9.17, 15) is 5.21 Å². The van der Waals surface area contributed by atoms with Crippen LogP contribution < -0.4 is 33.7 Å². The monoisotopic (exact) mass is 258 g/mol. The van der Waals surface area contributed by atoms with Gasteiger partial charge in [-0.15, -0.1) is 5.10 Å². The van der Waals surface area contributed by atoms with Crippen molar-refractivity contribution in [2.24, 2.45) is 17.4 Å². The molecule has 0 aliphatic carbocycles. The van der Waals surface area contributed by atoms with Crippen molar-refractivity contribution >= 4 is 11.8 Å². The predicted molar refractivity (Wildman–Crippen MR) is 56.0 cm³/mol. The van der Waals surface area contributed by atoms with Crippen molar-refractivity contribution in [2.75, 3.05) is 5.73 Å². The predicted octanol–water partition coefficient (Wildman–Crippen LogP) is -5.63. The summed E-state index contributed by atoms with van der Waals surface area (Å²) in [6.07, 6.45) is 0. The van der Waals surface area contributed by atoms with Crippen LogP contribution in [-0.4, -0.2) is 36.6 Å². The van der Waals surface area contributed by atoms with Crippen molar-refractivity contribution in [2.45, 2.75) is 0 Å². The highest BCUT2D eigenvalue weighted by Gasteiger charge is 2.13. The van der Waals surface area contributed by atoms with Gasteiger partial charge in [0, 0.05) is 0 Å². The lowest BCUT2D eigenvalue weighted by atomic mass is 10.4. The molecule has 0 saturated carbocycles. The summed E-state index contributed by atoms with van der Waals surface area (Å²) in [7, 11) is 0. The molecule has 98 valence electrons. The van der Waals surface area contributed by atoms with E-state index in [1.165, 1.54) is 0 Å². The lowest BCUT2D eigenvalue weighted by molar-refractivity contribution is -0.472. The van der Waals surface area contributed by atoms with Crippen molar-refractivity contribution in [3.8, 4) is 11.5 Å². The maximum atomic E-state index is 10.8. The average molecular weight is 258 g/mol. The Bertz CT molecular complexity index is 475. The summed E-state index contributed by atoms with van der Waals surface area (Å²) in [5.74, 6) is 9.45. The molecule has 0 saturated heterocycles. The van der Waals surface area contributed by atoms with Gasteiger partial charge in [-0.1, -0.05) is 0 Å². The molecule has 0 bridgehead atoms. The van der Waals surface area contributed by atoms with E-state index in [1.54, 1.807) is 0 Å². The number of nitrogens with two attached hydrogens (primary N) is 4. The highest BCUT2D eigenvalue weighted by molar-refractivity contribution is 5.70. The average Bonchev–Trinajstić information content (AvgIpc) is 2.97. The van der Waals surface area contributed by atoms with Crippen LogP contribution in [-0.2, 0) is 0 Å². The quantitative estimate of drug-likeness (QED) is 0.121. The summed E-state index contributed by atoms with van der Waals surface area (Å²) < 4.78 is 4.25. The van der Waals surface area contributed by atoms with Crippen LogP contribution in [0.1, 0.15) is 0 Å². The molecule has 0 aromatic carbocycles. The van der Waals surface area contributed by atoms with Gasteiger partial charge in [0.25, 0.3) is 0 Å². The molecule has 0 amide bonds. The molecule has 0 fully saturated rings. The first kappa shape index (κ1) is 12.9. The zero-order valence-corrected chi connectivity index (χ0v) is 8.81. The van der Waals surface area contributed by atoms with E-state index in [2.05, 4.69) is 41.0 Å². The molecule has 14 heteroatoms. The topological polar surface area (TPSA) is 236 Å². The van der Waals surface area contributed by atoms with Crippen molar-refractivity contribution in [3.63, 3.8) is 0 Å². The van der Waals surface area contributed by atoms with Gasteiger partial charge in [-0.3, -0.25) is 16.4 Å². The summed E-state index contributed by atoms with van der Waals surface area (Å²) in [6, 6.07) is 0. The summed E-state index contributed by atoms with van der Waals surface area (Å²) in [4.78, 5) is 0.176. The lowest BCUT2D eigenvalue weighted by Gasteiger charge is -2.01. The van der Waals surface area contributed by atoms with Gasteiger partial charge in [0.1, 0.15) is 0 Å². The fraction of sp³-hybridized carbons (Fsp3) is 0. The number of rotatable bonds is 1. The fourth-order valence-electron chi connectivity index (χ4n) is 0.710. The zero-order chi connectivity index (χ0) is 13.5. The molecule has 0 atom stereocenters. The Hall–Kier alpha value is -3.16. The Balaban J connectivity index is 0.000000232. The molecular weight excluding hydrogens is 248 g/mol. The third kappa shape index (κ3) is 2.92. The molecule has 0 aliphatic rings. The van der Waals surface area contributed by atoms with Gasteiger partial charge in [-0.05, 0) is 20.7 Å². The van der Waals surface area contributed by atoms with Gasteiger partial charge >= 0.3 is 5.96 Å². The van der Waals surface area contributed by atoms with E-state index >= 15 is 0 Å². The Kier molecular flexibility index (Phi) is 4.16. The molecule has 2 aromatic heterocycles. The number of hydrazine groups is 2. The van der Waals surface area contributed by atoms with Crippen LogP contribution >= 0.6 is 0 Å². The Morgan fingerprint density at radius 2 is 2.17 bits per heavy atom. The minimum atomic E-state index is -0.131. The van der Waals surface area contributed by atoms with Crippen LogP contribution in [0.15, 0.2) is 4.63 Å². The molecule has 0 radical (unpaired) electrons. The first-order valence-corrected chi connectivity index (χ1v) is 4.20. The Morgan fingerprint density at radius 3 is 2.50 bits per heavy atom. The van der Waals surface area contributed by atoms with Crippen molar-refractivity contribution in [3.05, 3.63) is 5.21 Å². The van der Waals surface area contributed by atoms with Gasteiger partial charge in [0.2, 0.25) is 5.82 Å². The smallest absolute Gasteiger partial charge is 0.379 e. The van der Waals surface area contributed by atoms with Gasteiger partial charge in [-0.2, -0.15) is 10.9 Å². The van der Waals surface area contributed by atoms with Crippen LogP contribution in [0.3, 0.4) is 0 Å². The third-order valence-corrected chi connectivity index (χ3v) is 1.48. The molecule has 0 aliphatic heterocycles. The van der Waals surface area contributed by atoms with E-state index in [0.717, 1.165) is 0 Å². The lowest BCUT2D eigenvalue weighted by Crippen LogP contribution is -2.85. The molecule has 2 aromatic rings. The number of hydrazone groups is 1. The number of hydrogen-bond donors (Lipinski definition) is 6. The van der Waals surface area contributed by atoms with Crippen molar-refractivity contribution in [1.82, 2.24) is 36.1 Å². The Labute approximate surface area is 98.5 Å². The van der Waals surface area contributed by atoms with Gasteiger partial charge in [0.15, 0.2) is 11.5 Å². The van der Waals surface area contributed by atoms with E-state index < -0.39 is 0 Å². The SMILES string of the molecule is NN/C(N)=[NH+]/N.Nc1nonc1-c1nnnn1[O-]. The summed E-state index contributed by atoms with van der Waals surface area (Å²) in [5.41, 5.74) is 12.3. The van der Waals surface area contributed by atoms with Crippen LogP contribution in [0.5, 0.6) is 0 Å². The van der Waals surface area contributed by atoms with Crippen molar-refractivity contribution < 1.29 is 9.73 Å². The maximum Gasteiger partial charge on any atom is 0.379 e. The van der Waals surface area contributed by atoms with Crippen LogP contribution in [0.25, 0.3) is 11.5 Å². The summed E-state index contributed by atoms with van der Waals surface area (Å²) in [6.45, 7) is 0. The van der Waals surface area contributed by atoms with Crippen molar-refractivity contribution in [1.29, 1.82) is 0 Å². The second-order valence-corrected chi connectivity index (χ2v) is 2.58. The minimum absolute atomic E-state index is 0.0260. The highest BCUT2D eigenvalue weighted by atomic mass is 16.6. The number of aromatic nitrogens is 6. The molecular formula is C4H10N12O2. The van der Waals surface area contributed by atoms with E-state index in [1.807, 2.05) is 0 Å². The fourth-order valence-corrected chi connectivity index (χ4v) is 0.710. The first-order chi connectivity index (χ1) is 8.60. The molecule has 18 heavy (non-hydrogen) atoms. The van der Waals surface area contributed by atoms with Crippen LogP contribution in [0.4, 0.5) is 5.82 Å². The molecule has 0 spiro atoms. The Morgan fingerprint density at radius 1 is 1.44 bits per heavy atom. The molecule has 2 rings (SSSR count).